The van der Waals surface area contributed by atoms with Crippen LogP contribution >= 0.6 is 0 Å². The van der Waals surface area contributed by atoms with Gasteiger partial charge in [0.1, 0.15) is 19.1 Å². The minimum atomic E-state index is -1.32. The van der Waals surface area contributed by atoms with Gasteiger partial charge in [-0.25, -0.2) is 0 Å². The van der Waals surface area contributed by atoms with E-state index in [1.165, 1.54) is 0 Å². The van der Waals surface area contributed by atoms with Gasteiger partial charge in [-0.1, -0.05) is 0 Å². The third-order valence-corrected chi connectivity index (χ3v) is 1.91. The fourth-order valence-electron chi connectivity index (χ4n) is 0.914. The molecule has 11 nitrogen and oxygen atoms in total. The summed E-state index contributed by atoms with van der Waals surface area (Å²) in [5.74, 6) is -2.79. The van der Waals surface area contributed by atoms with E-state index in [0.717, 1.165) is 7.11 Å². The molecule has 0 fully saturated rings. The van der Waals surface area contributed by atoms with Crippen LogP contribution in [0.2, 0.25) is 0 Å². The molecular formula is C13H24O11. The SMILES string of the molecule is CO.O=C(CCCCO)OCC(O)CO.O=COC(=O)CC(=O)O. The first-order chi connectivity index (χ1) is 11.4. The van der Waals surface area contributed by atoms with Crippen molar-refractivity contribution in [2.75, 3.05) is 26.9 Å². The van der Waals surface area contributed by atoms with Gasteiger partial charge in [0.2, 0.25) is 0 Å². The lowest BCUT2D eigenvalue weighted by atomic mass is 10.2. The minimum absolute atomic E-state index is 0.0620. The number of hydrogen-bond acceptors (Lipinski definition) is 10. The van der Waals surface area contributed by atoms with E-state index in [1.807, 2.05) is 0 Å². The molecule has 0 saturated carbocycles. The Kier molecular flexibility index (Phi) is 23.4. The van der Waals surface area contributed by atoms with E-state index in [4.69, 9.17) is 25.5 Å². The fraction of sp³-hybridized carbons (Fsp3) is 0.692. The fourth-order valence-corrected chi connectivity index (χ4v) is 0.914. The van der Waals surface area contributed by atoms with Gasteiger partial charge in [-0.3, -0.25) is 19.2 Å². The topological polar surface area (TPSA) is 188 Å². The Labute approximate surface area is 138 Å². The number of carboxylic acids is 1. The maximum Gasteiger partial charge on any atom is 0.324 e. The number of carboxylic acid groups (broad SMARTS) is 1. The Morgan fingerprint density at radius 1 is 1.08 bits per heavy atom. The number of unbranched alkanes of at least 4 members (excludes halogenated alkanes) is 1. The van der Waals surface area contributed by atoms with Crippen LogP contribution in [0.25, 0.3) is 0 Å². The molecule has 1 atom stereocenters. The van der Waals surface area contributed by atoms with Crippen molar-refractivity contribution in [2.24, 2.45) is 0 Å². The Hall–Kier alpha value is -2.08. The predicted molar refractivity (Wildman–Crippen MR) is 77.5 cm³/mol. The summed E-state index contributed by atoms with van der Waals surface area (Å²) in [6.07, 6.45) is -0.401. The highest BCUT2D eigenvalue weighted by Gasteiger charge is 2.07. The number of aliphatic carboxylic acids is 1. The van der Waals surface area contributed by atoms with Gasteiger partial charge in [0.05, 0.1) is 6.61 Å². The smallest absolute Gasteiger partial charge is 0.324 e. The molecule has 142 valence electrons. The highest BCUT2D eigenvalue weighted by molar-refractivity contribution is 5.92. The van der Waals surface area contributed by atoms with Gasteiger partial charge < -0.3 is 35.0 Å². The number of ether oxygens (including phenoxy) is 2. The van der Waals surface area contributed by atoms with E-state index >= 15 is 0 Å². The first kappa shape index (κ1) is 26.8. The molecule has 0 heterocycles. The Balaban J connectivity index is -0.000000351. The van der Waals surface area contributed by atoms with Crippen molar-refractivity contribution in [3.05, 3.63) is 0 Å². The van der Waals surface area contributed by atoms with Crippen molar-refractivity contribution >= 4 is 24.4 Å². The van der Waals surface area contributed by atoms with Crippen LogP contribution in [0.15, 0.2) is 0 Å². The van der Waals surface area contributed by atoms with Gasteiger partial charge in [0.15, 0.2) is 0 Å². The van der Waals surface area contributed by atoms with Crippen LogP contribution < -0.4 is 0 Å². The molecule has 0 radical (unpaired) electrons. The van der Waals surface area contributed by atoms with Crippen molar-refractivity contribution in [3.63, 3.8) is 0 Å². The van der Waals surface area contributed by atoms with Gasteiger partial charge in [-0.15, -0.1) is 0 Å². The molecule has 0 amide bonds. The molecule has 0 aromatic rings. The lowest BCUT2D eigenvalue weighted by Crippen LogP contribution is -2.21. The van der Waals surface area contributed by atoms with Crippen LogP contribution in [0, 0.1) is 0 Å². The maximum atomic E-state index is 10.8. The first-order valence-electron chi connectivity index (χ1n) is 6.72. The summed E-state index contributed by atoms with van der Waals surface area (Å²) in [5, 5.41) is 40.5. The standard InChI is InChI=1S/C8H16O5.C4H4O5.CH4O/c9-4-2-1-3-8(12)13-6-7(11)5-10;5-2-9-4(8)1-3(6)7;1-2/h7,9-11H,1-6H2;2H,1H2,(H,6,7);2H,1H3. The van der Waals surface area contributed by atoms with E-state index in [1.54, 1.807) is 0 Å². The van der Waals surface area contributed by atoms with Crippen LogP contribution in [-0.4, -0.2) is 82.9 Å². The molecule has 0 aromatic heterocycles. The number of rotatable bonds is 10. The molecule has 0 bridgehead atoms. The maximum absolute atomic E-state index is 10.8. The molecule has 0 aliphatic carbocycles. The summed E-state index contributed by atoms with van der Waals surface area (Å²) in [5.41, 5.74) is 0. The van der Waals surface area contributed by atoms with E-state index < -0.39 is 37.0 Å². The van der Waals surface area contributed by atoms with Crippen molar-refractivity contribution in [1.29, 1.82) is 0 Å². The van der Waals surface area contributed by atoms with Crippen molar-refractivity contribution < 1.29 is 54.2 Å². The number of carbonyl (C=O) groups is 4. The lowest BCUT2D eigenvalue weighted by molar-refractivity contribution is -0.155. The number of aliphatic hydroxyl groups excluding tert-OH is 4. The van der Waals surface area contributed by atoms with Crippen LogP contribution in [0.4, 0.5) is 0 Å². The van der Waals surface area contributed by atoms with E-state index in [2.05, 4.69) is 9.47 Å². The van der Waals surface area contributed by atoms with Crippen molar-refractivity contribution in [2.45, 2.75) is 31.8 Å². The number of esters is 2. The second-order valence-corrected chi connectivity index (χ2v) is 3.86. The molecule has 0 rings (SSSR count). The quantitative estimate of drug-likeness (QED) is 0.124. The summed E-state index contributed by atoms with van der Waals surface area (Å²) < 4.78 is 8.26. The van der Waals surface area contributed by atoms with Gasteiger partial charge >= 0.3 is 24.4 Å². The average Bonchev–Trinajstić information content (AvgIpc) is 2.55. The molecule has 1 unspecified atom stereocenters. The average molecular weight is 356 g/mol. The van der Waals surface area contributed by atoms with Crippen LogP contribution in [0.1, 0.15) is 25.7 Å². The Morgan fingerprint density at radius 3 is 2.08 bits per heavy atom. The van der Waals surface area contributed by atoms with Gasteiger partial charge in [0, 0.05) is 20.1 Å². The van der Waals surface area contributed by atoms with E-state index in [-0.39, 0.29) is 26.1 Å². The molecule has 11 heteroatoms. The lowest BCUT2D eigenvalue weighted by Gasteiger charge is -2.07. The number of aliphatic hydroxyl groups is 4. The highest BCUT2D eigenvalue weighted by atomic mass is 16.6. The van der Waals surface area contributed by atoms with Crippen LogP contribution in [0.3, 0.4) is 0 Å². The third-order valence-electron chi connectivity index (χ3n) is 1.91. The molecular weight excluding hydrogens is 332 g/mol. The highest BCUT2D eigenvalue weighted by Crippen LogP contribution is 1.97. The van der Waals surface area contributed by atoms with Gasteiger partial charge in [-0.05, 0) is 12.8 Å². The zero-order valence-corrected chi connectivity index (χ0v) is 13.3. The Bertz CT molecular complexity index is 343. The largest absolute Gasteiger partial charge is 0.481 e. The minimum Gasteiger partial charge on any atom is -0.481 e. The monoisotopic (exact) mass is 356 g/mol. The second-order valence-electron chi connectivity index (χ2n) is 3.86. The number of carbonyl (C=O) groups excluding carboxylic acids is 3. The second kappa shape index (κ2) is 20.9. The predicted octanol–water partition coefficient (Wildman–Crippen LogP) is -2.19. The van der Waals surface area contributed by atoms with E-state index in [0.29, 0.717) is 12.8 Å². The van der Waals surface area contributed by atoms with Crippen LogP contribution in [-0.2, 0) is 28.7 Å². The summed E-state index contributed by atoms with van der Waals surface area (Å²) in [7, 11) is 1.00. The Morgan fingerprint density at radius 2 is 1.67 bits per heavy atom. The molecule has 0 saturated heterocycles. The normalized spacial score (nSPS) is 10.0. The molecule has 0 aliphatic rings. The molecule has 24 heavy (non-hydrogen) atoms. The molecule has 0 aromatic carbocycles. The van der Waals surface area contributed by atoms with E-state index in [9.17, 15) is 19.2 Å². The number of hydrogen-bond donors (Lipinski definition) is 5. The van der Waals surface area contributed by atoms with Crippen LogP contribution in [0.5, 0.6) is 0 Å². The summed E-state index contributed by atoms with van der Waals surface area (Å²) in [4.78, 5) is 39.9. The molecule has 5 N–H and O–H groups in total. The summed E-state index contributed by atoms with van der Waals surface area (Å²) >= 11 is 0. The van der Waals surface area contributed by atoms with Gasteiger partial charge in [-0.2, -0.15) is 0 Å². The van der Waals surface area contributed by atoms with Gasteiger partial charge in [0.25, 0.3) is 0 Å². The first-order valence-corrected chi connectivity index (χ1v) is 6.72. The van der Waals surface area contributed by atoms with Crippen molar-refractivity contribution in [1.82, 2.24) is 0 Å². The van der Waals surface area contributed by atoms with Crippen molar-refractivity contribution in [3.8, 4) is 0 Å². The molecule has 0 aliphatic heterocycles. The third kappa shape index (κ3) is 24.9. The molecule has 0 spiro atoms. The summed E-state index contributed by atoms with van der Waals surface area (Å²) in [6.45, 7) is -0.629. The zero-order valence-electron chi connectivity index (χ0n) is 13.3. The summed E-state index contributed by atoms with van der Waals surface area (Å²) in [6, 6.07) is 0. The zero-order chi connectivity index (χ0) is 19.4.